The largest absolute Gasteiger partial charge is 0.416 e. The number of nitrogens with one attached hydrogen (secondary N) is 2. The van der Waals surface area contributed by atoms with Gasteiger partial charge in [0.05, 0.1) is 5.56 Å². The molecule has 3 aromatic heterocycles. The molecule has 0 saturated heterocycles. The SMILES string of the molecule is CCc1cccc(-c2cnc(Nc3ccc(-c4ccsc4)cn3)nc2Nc2cccc(C(F)(F)F)c2)c1. The van der Waals surface area contributed by atoms with Crippen LogP contribution in [0.4, 0.5) is 36.4 Å². The van der Waals surface area contributed by atoms with Crippen LogP contribution in [0.25, 0.3) is 22.3 Å². The summed E-state index contributed by atoms with van der Waals surface area (Å²) in [4.78, 5) is 13.5. The third-order valence-electron chi connectivity index (χ3n) is 5.75. The number of rotatable bonds is 7. The smallest absolute Gasteiger partial charge is 0.340 e. The van der Waals surface area contributed by atoms with Gasteiger partial charge in [0.25, 0.3) is 0 Å². The molecule has 0 saturated carbocycles. The second-order valence-electron chi connectivity index (χ2n) is 8.28. The molecule has 0 aliphatic heterocycles. The lowest BCUT2D eigenvalue weighted by molar-refractivity contribution is -0.137. The molecule has 5 nitrogen and oxygen atoms in total. The predicted molar refractivity (Wildman–Crippen MR) is 142 cm³/mol. The number of anilines is 4. The second kappa shape index (κ2) is 10.4. The molecule has 3 heterocycles. The molecule has 0 unspecified atom stereocenters. The van der Waals surface area contributed by atoms with Crippen LogP contribution in [0.2, 0.25) is 0 Å². The number of benzene rings is 2. The van der Waals surface area contributed by atoms with E-state index < -0.39 is 11.7 Å². The summed E-state index contributed by atoms with van der Waals surface area (Å²) in [6.07, 6.45) is -0.191. The molecular weight excluding hydrogens is 495 g/mol. The molecule has 0 spiro atoms. The van der Waals surface area contributed by atoms with E-state index in [1.165, 1.54) is 6.07 Å². The maximum Gasteiger partial charge on any atom is 0.416 e. The van der Waals surface area contributed by atoms with Crippen LogP contribution in [0, 0.1) is 0 Å². The molecule has 2 N–H and O–H groups in total. The first-order valence-corrected chi connectivity index (χ1v) is 12.5. The fourth-order valence-corrected chi connectivity index (χ4v) is 4.46. The number of nitrogens with zero attached hydrogens (tertiary/aromatic N) is 3. The minimum Gasteiger partial charge on any atom is -0.340 e. The lowest BCUT2D eigenvalue weighted by Gasteiger charge is -2.15. The van der Waals surface area contributed by atoms with E-state index >= 15 is 0 Å². The van der Waals surface area contributed by atoms with Crippen molar-refractivity contribution in [1.82, 2.24) is 15.0 Å². The van der Waals surface area contributed by atoms with Crippen molar-refractivity contribution in [2.75, 3.05) is 10.6 Å². The lowest BCUT2D eigenvalue weighted by Crippen LogP contribution is -2.07. The number of alkyl halides is 3. The fraction of sp³-hybridized carbons (Fsp3) is 0.107. The molecule has 2 aromatic carbocycles. The summed E-state index contributed by atoms with van der Waals surface area (Å²) >= 11 is 1.61. The first-order chi connectivity index (χ1) is 17.9. The Kier molecular flexibility index (Phi) is 6.87. The van der Waals surface area contributed by atoms with Gasteiger partial charge >= 0.3 is 6.18 Å². The van der Waals surface area contributed by atoms with Crippen molar-refractivity contribution in [2.45, 2.75) is 19.5 Å². The molecule has 0 amide bonds. The van der Waals surface area contributed by atoms with E-state index in [2.05, 4.69) is 32.5 Å². The highest BCUT2D eigenvalue weighted by molar-refractivity contribution is 7.08. The summed E-state index contributed by atoms with van der Waals surface area (Å²) in [6.45, 7) is 2.06. The number of thiophene rings is 1. The molecule has 9 heteroatoms. The molecule has 186 valence electrons. The van der Waals surface area contributed by atoms with Gasteiger partial charge in [-0.25, -0.2) is 9.97 Å². The maximum absolute atomic E-state index is 13.3. The fourth-order valence-electron chi connectivity index (χ4n) is 3.80. The van der Waals surface area contributed by atoms with Gasteiger partial charge in [0.2, 0.25) is 5.95 Å². The Labute approximate surface area is 216 Å². The molecule has 0 fully saturated rings. The number of aryl methyl sites for hydroxylation is 1. The Morgan fingerprint density at radius 2 is 1.70 bits per heavy atom. The van der Waals surface area contributed by atoms with Crippen LogP contribution < -0.4 is 10.6 Å². The van der Waals surface area contributed by atoms with Crippen LogP contribution in [-0.4, -0.2) is 15.0 Å². The normalized spacial score (nSPS) is 11.4. The standard InChI is InChI=1S/C28H22F3N5S/c1-2-18-5-3-6-19(13-18)24-16-33-27(35-25-10-9-20(15-32-25)21-11-12-37-17-21)36-26(24)34-23-8-4-7-22(14-23)28(29,30)31/h3-17H,2H2,1H3,(H2,32,33,34,35,36). The Balaban J connectivity index is 1.48. The highest BCUT2D eigenvalue weighted by Gasteiger charge is 2.30. The average molecular weight is 518 g/mol. The third-order valence-corrected chi connectivity index (χ3v) is 6.43. The molecule has 5 rings (SSSR count). The van der Waals surface area contributed by atoms with Gasteiger partial charge in [0.15, 0.2) is 0 Å². The number of pyridine rings is 1. The summed E-state index contributed by atoms with van der Waals surface area (Å²) in [5, 5.41) is 10.2. The number of halogens is 3. The second-order valence-corrected chi connectivity index (χ2v) is 9.06. The van der Waals surface area contributed by atoms with Crippen LogP contribution in [0.1, 0.15) is 18.1 Å². The quantitative estimate of drug-likeness (QED) is 0.227. The Morgan fingerprint density at radius 3 is 2.43 bits per heavy atom. The van der Waals surface area contributed by atoms with E-state index in [0.717, 1.165) is 40.8 Å². The Hall–Kier alpha value is -4.24. The van der Waals surface area contributed by atoms with E-state index in [9.17, 15) is 13.2 Å². The van der Waals surface area contributed by atoms with Gasteiger partial charge in [0, 0.05) is 29.2 Å². The lowest BCUT2D eigenvalue weighted by atomic mass is 10.0. The van der Waals surface area contributed by atoms with Crippen molar-refractivity contribution in [3.63, 3.8) is 0 Å². The maximum atomic E-state index is 13.3. The molecule has 0 atom stereocenters. The van der Waals surface area contributed by atoms with Crippen LogP contribution in [0.5, 0.6) is 0 Å². The van der Waals surface area contributed by atoms with E-state index in [4.69, 9.17) is 0 Å². The monoisotopic (exact) mass is 517 g/mol. The Morgan fingerprint density at radius 1 is 0.838 bits per heavy atom. The van der Waals surface area contributed by atoms with Crippen LogP contribution in [0.3, 0.4) is 0 Å². The predicted octanol–water partition coefficient (Wildman–Crippen LogP) is 8.34. The molecular formula is C28H22F3N5S. The zero-order valence-corrected chi connectivity index (χ0v) is 20.6. The highest BCUT2D eigenvalue weighted by atomic mass is 32.1. The minimum atomic E-state index is -4.45. The summed E-state index contributed by atoms with van der Waals surface area (Å²) < 4.78 is 39.9. The zero-order chi connectivity index (χ0) is 25.8. The number of hydrogen-bond donors (Lipinski definition) is 2. The van der Waals surface area contributed by atoms with Crippen LogP contribution in [-0.2, 0) is 12.6 Å². The van der Waals surface area contributed by atoms with Gasteiger partial charge in [-0.15, -0.1) is 0 Å². The van der Waals surface area contributed by atoms with Crippen LogP contribution >= 0.6 is 11.3 Å². The van der Waals surface area contributed by atoms with Gasteiger partial charge in [-0.1, -0.05) is 37.3 Å². The molecule has 0 radical (unpaired) electrons. The average Bonchev–Trinajstić information content (AvgIpc) is 3.44. The number of hydrogen-bond acceptors (Lipinski definition) is 6. The van der Waals surface area contributed by atoms with Gasteiger partial charge in [-0.05, 0) is 70.3 Å². The van der Waals surface area contributed by atoms with Gasteiger partial charge < -0.3 is 10.6 Å². The minimum absolute atomic E-state index is 0.264. The summed E-state index contributed by atoms with van der Waals surface area (Å²) in [5.41, 5.74) is 4.26. The molecule has 0 aliphatic rings. The van der Waals surface area contributed by atoms with Crippen molar-refractivity contribution in [1.29, 1.82) is 0 Å². The zero-order valence-electron chi connectivity index (χ0n) is 19.8. The van der Waals surface area contributed by atoms with Crippen LogP contribution in [0.15, 0.2) is 89.9 Å². The first kappa shape index (κ1) is 24.5. The summed E-state index contributed by atoms with van der Waals surface area (Å²) in [6, 6.07) is 18.7. The van der Waals surface area contributed by atoms with Gasteiger partial charge in [0.1, 0.15) is 11.6 Å². The van der Waals surface area contributed by atoms with Crippen molar-refractivity contribution in [3.05, 3.63) is 101 Å². The van der Waals surface area contributed by atoms with Gasteiger partial charge in [-0.3, -0.25) is 0 Å². The topological polar surface area (TPSA) is 62.7 Å². The third kappa shape index (κ3) is 5.78. The van der Waals surface area contributed by atoms with Crippen molar-refractivity contribution >= 4 is 34.6 Å². The van der Waals surface area contributed by atoms with Crippen molar-refractivity contribution in [2.24, 2.45) is 0 Å². The van der Waals surface area contributed by atoms with E-state index in [1.807, 2.05) is 53.2 Å². The molecule has 0 bridgehead atoms. The van der Waals surface area contributed by atoms with Crippen molar-refractivity contribution in [3.8, 4) is 22.3 Å². The van der Waals surface area contributed by atoms with Crippen molar-refractivity contribution < 1.29 is 13.2 Å². The Bertz CT molecular complexity index is 1500. The summed E-state index contributed by atoms with van der Waals surface area (Å²) in [7, 11) is 0. The van der Waals surface area contributed by atoms with Gasteiger partial charge in [-0.2, -0.15) is 29.5 Å². The highest BCUT2D eigenvalue weighted by Crippen LogP contribution is 2.34. The van der Waals surface area contributed by atoms with E-state index in [0.29, 0.717) is 17.2 Å². The number of aromatic nitrogens is 3. The summed E-state index contributed by atoms with van der Waals surface area (Å²) in [5.74, 6) is 1.19. The van der Waals surface area contributed by atoms with E-state index in [-0.39, 0.29) is 11.6 Å². The molecule has 0 aliphatic carbocycles. The first-order valence-electron chi connectivity index (χ1n) is 11.6. The van der Waals surface area contributed by atoms with E-state index in [1.54, 1.807) is 29.8 Å². The molecule has 5 aromatic rings. The molecule has 37 heavy (non-hydrogen) atoms.